The van der Waals surface area contributed by atoms with Crippen LogP contribution < -0.4 is 15.1 Å². The second-order valence-electron chi connectivity index (χ2n) is 10.3. The van der Waals surface area contributed by atoms with Gasteiger partial charge in [0.05, 0.1) is 12.2 Å². The normalized spacial score (nSPS) is 12.4. The molecule has 3 aromatic carbocycles. The molecule has 0 spiro atoms. The maximum atomic E-state index is 13.7. The highest BCUT2D eigenvalue weighted by Crippen LogP contribution is 2.34. The first-order valence-corrected chi connectivity index (χ1v) is 15.3. The lowest BCUT2D eigenvalue weighted by atomic mass is 9.99. The molecular formula is C34H25F2N3O5S. The lowest BCUT2D eigenvalue weighted by Gasteiger charge is -2.14. The van der Waals surface area contributed by atoms with E-state index in [0.29, 0.717) is 23.1 Å². The summed E-state index contributed by atoms with van der Waals surface area (Å²) in [5.74, 6) is -2.66. The van der Waals surface area contributed by atoms with Crippen molar-refractivity contribution in [2.75, 3.05) is 0 Å². The van der Waals surface area contributed by atoms with Crippen LogP contribution in [0.1, 0.15) is 38.3 Å². The van der Waals surface area contributed by atoms with Crippen LogP contribution in [0.4, 0.5) is 8.78 Å². The summed E-state index contributed by atoms with van der Waals surface area (Å²) < 4.78 is 59.8. The van der Waals surface area contributed by atoms with Gasteiger partial charge in [0.1, 0.15) is 16.2 Å². The molecule has 45 heavy (non-hydrogen) atoms. The molecule has 226 valence electrons. The molecule has 0 aliphatic heterocycles. The molecule has 0 unspecified atom stereocenters. The lowest BCUT2D eigenvalue weighted by Crippen LogP contribution is -2.32. The number of nitrogens with one attached hydrogen (secondary N) is 1. The Morgan fingerprint density at radius 3 is 2.53 bits per heavy atom. The molecule has 0 saturated heterocycles. The predicted octanol–water partition coefficient (Wildman–Crippen LogP) is 5.26. The number of aromatic nitrogens is 2. The number of halogens is 2. The van der Waals surface area contributed by atoms with E-state index in [1.54, 1.807) is 30.5 Å². The zero-order valence-corrected chi connectivity index (χ0v) is 24.4. The summed E-state index contributed by atoms with van der Waals surface area (Å²) in [6, 6.07) is 22.6. The van der Waals surface area contributed by atoms with Gasteiger partial charge in [-0.1, -0.05) is 36.4 Å². The van der Waals surface area contributed by atoms with E-state index in [1.165, 1.54) is 47.2 Å². The average molecular weight is 626 g/mol. The van der Waals surface area contributed by atoms with Crippen molar-refractivity contribution < 1.29 is 26.2 Å². The highest BCUT2D eigenvalue weighted by Gasteiger charge is 2.21. The lowest BCUT2D eigenvalue weighted by molar-refractivity contribution is 0.0948. The SMILES string of the molecule is O=C(NCc1cc(OS(=O)(=O)c2ccccc2)cc(C2=CCc3ncccc32)c1)c1cccn(Cc2ccc(F)c(F)c2)c1=O. The van der Waals surface area contributed by atoms with Crippen LogP contribution in [0.25, 0.3) is 5.57 Å². The summed E-state index contributed by atoms with van der Waals surface area (Å²) in [5, 5.41) is 2.72. The Kier molecular flexibility index (Phi) is 8.10. The summed E-state index contributed by atoms with van der Waals surface area (Å²) in [6.45, 7) is -0.125. The minimum absolute atomic E-state index is 0.0105. The smallest absolute Gasteiger partial charge is 0.339 e. The summed E-state index contributed by atoms with van der Waals surface area (Å²) in [5.41, 5.74) is 3.40. The van der Waals surface area contributed by atoms with Crippen molar-refractivity contribution in [1.82, 2.24) is 14.9 Å². The summed E-state index contributed by atoms with van der Waals surface area (Å²) in [6.07, 6.45) is 5.75. The van der Waals surface area contributed by atoms with Gasteiger partial charge in [-0.25, -0.2) is 8.78 Å². The highest BCUT2D eigenvalue weighted by atomic mass is 32.2. The monoisotopic (exact) mass is 625 g/mol. The van der Waals surface area contributed by atoms with E-state index in [4.69, 9.17) is 4.18 Å². The standard InChI is InChI=1S/C34H25F2N3O5S/c35-30-12-10-22(18-31(30)36)21-39-15-5-9-29(34(39)41)33(40)38-20-23-16-24(27-11-13-32-28(27)8-4-14-37-32)19-25(17-23)44-45(42,43)26-6-2-1-3-7-26/h1-12,14-19H,13,20-21H2,(H,38,40). The van der Waals surface area contributed by atoms with Crippen molar-refractivity contribution in [3.05, 3.63) is 165 Å². The van der Waals surface area contributed by atoms with Crippen molar-refractivity contribution in [1.29, 1.82) is 0 Å². The highest BCUT2D eigenvalue weighted by molar-refractivity contribution is 7.87. The molecule has 0 bridgehead atoms. The first-order chi connectivity index (χ1) is 21.7. The number of benzene rings is 3. The van der Waals surface area contributed by atoms with E-state index in [1.807, 2.05) is 24.3 Å². The molecule has 0 fully saturated rings. The Morgan fingerprint density at radius 1 is 0.911 bits per heavy atom. The molecule has 1 aliphatic rings. The molecule has 2 aromatic heterocycles. The third-order valence-corrected chi connectivity index (χ3v) is 8.51. The zero-order chi connectivity index (χ0) is 31.6. The predicted molar refractivity (Wildman–Crippen MR) is 163 cm³/mol. The van der Waals surface area contributed by atoms with Crippen LogP contribution in [-0.4, -0.2) is 23.9 Å². The van der Waals surface area contributed by atoms with Gasteiger partial charge in [-0.3, -0.25) is 14.6 Å². The molecule has 5 aromatic rings. The molecule has 0 atom stereocenters. The van der Waals surface area contributed by atoms with Crippen LogP contribution in [0.15, 0.2) is 119 Å². The molecule has 0 saturated carbocycles. The first-order valence-electron chi connectivity index (χ1n) is 13.9. The molecule has 6 rings (SSSR count). The van der Waals surface area contributed by atoms with Crippen molar-refractivity contribution in [2.45, 2.75) is 24.4 Å². The van der Waals surface area contributed by atoms with Crippen LogP contribution in [0.3, 0.4) is 0 Å². The Morgan fingerprint density at radius 2 is 1.73 bits per heavy atom. The molecule has 8 nitrogen and oxygen atoms in total. The fourth-order valence-electron chi connectivity index (χ4n) is 5.10. The number of fused-ring (bicyclic) bond motifs is 1. The maximum Gasteiger partial charge on any atom is 0.339 e. The van der Waals surface area contributed by atoms with Crippen LogP contribution in [-0.2, 0) is 29.6 Å². The number of amides is 1. The summed E-state index contributed by atoms with van der Waals surface area (Å²) in [4.78, 5) is 30.7. The van der Waals surface area contributed by atoms with Crippen LogP contribution in [0.2, 0.25) is 0 Å². The number of hydrogen-bond acceptors (Lipinski definition) is 6. The number of hydrogen-bond donors (Lipinski definition) is 1. The molecule has 2 heterocycles. The van der Waals surface area contributed by atoms with Gasteiger partial charge in [0.15, 0.2) is 11.6 Å². The zero-order valence-electron chi connectivity index (χ0n) is 23.6. The van der Waals surface area contributed by atoms with Crippen LogP contribution >= 0.6 is 0 Å². The van der Waals surface area contributed by atoms with E-state index in [2.05, 4.69) is 10.3 Å². The van der Waals surface area contributed by atoms with E-state index in [0.717, 1.165) is 29.0 Å². The minimum atomic E-state index is -4.15. The third kappa shape index (κ3) is 6.43. The molecule has 0 radical (unpaired) electrons. The first kappa shape index (κ1) is 29.6. The Hall–Kier alpha value is -5.42. The van der Waals surface area contributed by atoms with Gasteiger partial charge in [-0.05, 0) is 82.9 Å². The minimum Gasteiger partial charge on any atom is -0.379 e. The van der Waals surface area contributed by atoms with Crippen molar-refractivity contribution in [2.24, 2.45) is 0 Å². The second kappa shape index (κ2) is 12.3. The van der Waals surface area contributed by atoms with E-state index < -0.39 is 33.2 Å². The van der Waals surface area contributed by atoms with Gasteiger partial charge in [-0.2, -0.15) is 8.42 Å². The van der Waals surface area contributed by atoms with Gasteiger partial charge in [-0.15, -0.1) is 0 Å². The number of allylic oxidation sites excluding steroid dienone is 1. The summed E-state index contributed by atoms with van der Waals surface area (Å²) in [7, 11) is -4.15. The van der Waals surface area contributed by atoms with Crippen LogP contribution in [0, 0.1) is 11.6 Å². The maximum absolute atomic E-state index is 13.7. The molecule has 11 heteroatoms. The number of carbonyl (C=O) groups excluding carboxylic acids is 1. The number of pyridine rings is 2. The Bertz CT molecular complexity index is 2130. The number of carbonyl (C=O) groups is 1. The van der Waals surface area contributed by atoms with Crippen LogP contribution in [0.5, 0.6) is 5.75 Å². The fourth-order valence-corrected chi connectivity index (χ4v) is 6.04. The fraction of sp³-hybridized carbons (Fsp3) is 0.0882. The van der Waals surface area contributed by atoms with Gasteiger partial charge in [0.2, 0.25) is 0 Å². The Balaban J connectivity index is 1.27. The van der Waals surface area contributed by atoms with Gasteiger partial charge in [0, 0.05) is 30.9 Å². The number of nitrogens with zero attached hydrogens (tertiary/aromatic N) is 2. The number of rotatable bonds is 9. The quantitative estimate of drug-likeness (QED) is 0.224. The van der Waals surface area contributed by atoms with E-state index in [9.17, 15) is 26.8 Å². The van der Waals surface area contributed by atoms with Crippen molar-refractivity contribution >= 4 is 21.6 Å². The largest absolute Gasteiger partial charge is 0.379 e. The van der Waals surface area contributed by atoms with E-state index >= 15 is 0 Å². The molecule has 1 N–H and O–H groups in total. The Labute approximate surface area is 257 Å². The third-order valence-electron chi connectivity index (χ3n) is 7.25. The molecule has 1 amide bonds. The van der Waals surface area contributed by atoms with Gasteiger partial charge in [0.25, 0.3) is 11.5 Å². The van der Waals surface area contributed by atoms with E-state index in [-0.39, 0.29) is 29.3 Å². The average Bonchev–Trinajstić information content (AvgIpc) is 3.47. The topological polar surface area (TPSA) is 107 Å². The molecular weight excluding hydrogens is 600 g/mol. The van der Waals surface area contributed by atoms with Crippen molar-refractivity contribution in [3.63, 3.8) is 0 Å². The molecule has 1 aliphatic carbocycles. The van der Waals surface area contributed by atoms with Gasteiger partial charge >= 0.3 is 10.1 Å². The second-order valence-corrected chi connectivity index (χ2v) is 11.9. The van der Waals surface area contributed by atoms with Crippen molar-refractivity contribution in [3.8, 4) is 5.75 Å². The van der Waals surface area contributed by atoms with Gasteiger partial charge < -0.3 is 14.1 Å². The summed E-state index contributed by atoms with van der Waals surface area (Å²) >= 11 is 0.